The first kappa shape index (κ1) is 75.3. The second-order valence-corrected chi connectivity index (χ2v) is 14.5. The van der Waals surface area contributed by atoms with Crippen molar-refractivity contribution in [2.24, 2.45) is 0 Å². The van der Waals surface area contributed by atoms with Gasteiger partial charge in [-0.25, -0.2) is 4.79 Å². The molecule has 0 aromatic rings. The van der Waals surface area contributed by atoms with E-state index in [1.165, 1.54) is 26.7 Å². The van der Waals surface area contributed by atoms with Crippen molar-refractivity contribution in [2.45, 2.75) is 113 Å². The predicted octanol–water partition coefficient (Wildman–Crippen LogP) is 7.00. The van der Waals surface area contributed by atoms with E-state index < -0.39 is 5.97 Å². The van der Waals surface area contributed by atoms with Crippen molar-refractivity contribution in [3.63, 3.8) is 0 Å². The standard InChI is InChI=1S/C19H33NO8S.C19H38O9S.C4H10.3C2H6/c1-16(21)2-3-18(22)27-14-12-25-10-8-24-9-11-26-13-15-28-19(23)20-6-4-17(29)5-7-20;1-19(20)18-28-15-14-26-11-10-24-7-6-22-3-2-21-4-5-23-8-9-25-12-13-27-16-17-29;1-3-4-2;3*1-2/h17,29H,2-15H2,1H3;29H,2-18H2,1H3;3-4H2,1-2H3;3*1-2H3. The van der Waals surface area contributed by atoms with Gasteiger partial charge in [-0.1, -0.05) is 68.2 Å². The second-order valence-electron chi connectivity index (χ2n) is 13.4. The highest BCUT2D eigenvalue weighted by Crippen LogP contribution is 2.15. The van der Waals surface area contributed by atoms with Crippen LogP contribution in [0, 0.1) is 0 Å². The van der Waals surface area contributed by atoms with E-state index in [-0.39, 0.29) is 56.9 Å². The van der Waals surface area contributed by atoms with Gasteiger partial charge < -0.3 is 71.3 Å². The van der Waals surface area contributed by atoms with Gasteiger partial charge in [0.1, 0.15) is 25.6 Å². The van der Waals surface area contributed by atoms with Crippen LogP contribution >= 0.6 is 25.3 Å². The molecule has 1 aliphatic rings. The van der Waals surface area contributed by atoms with Crippen molar-refractivity contribution >= 4 is 48.9 Å². The quantitative estimate of drug-likeness (QED) is 0.0361. The average Bonchev–Trinajstić information content (AvgIpc) is 3.35. The molecule has 0 bridgehead atoms. The summed E-state index contributed by atoms with van der Waals surface area (Å²) in [6.45, 7) is 31.2. The lowest BCUT2D eigenvalue weighted by Gasteiger charge is -2.28. The second kappa shape index (κ2) is 69.6. The summed E-state index contributed by atoms with van der Waals surface area (Å²) in [7, 11) is 0. The smallest absolute Gasteiger partial charge is 0.409 e. The van der Waals surface area contributed by atoms with Crippen LogP contribution in [0.5, 0.6) is 0 Å². The van der Waals surface area contributed by atoms with E-state index in [1.54, 1.807) is 4.90 Å². The third-order valence-electron chi connectivity index (χ3n) is 7.74. The number of hydrogen-bond donors (Lipinski definition) is 2. The molecular weight excluding hydrogens is 927 g/mol. The number of ketones is 2. The van der Waals surface area contributed by atoms with Crippen LogP contribution in [0.4, 0.5) is 4.79 Å². The van der Waals surface area contributed by atoms with Crippen LogP contribution in [-0.2, 0) is 76.0 Å². The molecule has 0 aromatic carbocycles. The monoisotopic (exact) mass is 1030 g/mol. The van der Waals surface area contributed by atoms with Crippen molar-refractivity contribution in [3.8, 4) is 0 Å². The maximum Gasteiger partial charge on any atom is 0.409 e. The van der Waals surface area contributed by atoms with Gasteiger partial charge in [-0.2, -0.15) is 25.3 Å². The highest BCUT2D eigenvalue weighted by atomic mass is 32.1. The fraction of sp³-hybridized carbons (Fsp3) is 0.917. The first-order valence-corrected chi connectivity index (χ1v) is 26.0. The number of esters is 1. The molecule has 0 N–H and O–H groups in total. The summed E-state index contributed by atoms with van der Waals surface area (Å²) in [4.78, 5) is 46.2. The lowest BCUT2D eigenvalue weighted by molar-refractivity contribution is -0.146. The van der Waals surface area contributed by atoms with Gasteiger partial charge in [-0.05, 0) is 26.7 Å². The van der Waals surface area contributed by atoms with Gasteiger partial charge in [0, 0.05) is 30.5 Å². The Hall–Kier alpha value is -1.66. The number of piperidine rings is 1. The minimum atomic E-state index is -0.398. The summed E-state index contributed by atoms with van der Waals surface area (Å²) in [5, 5.41) is 0.369. The summed E-state index contributed by atoms with van der Waals surface area (Å²) in [5.74, 6) is 0.296. The van der Waals surface area contributed by atoms with E-state index >= 15 is 0 Å². The number of carbonyl (C=O) groups excluding carboxylic acids is 4. The van der Waals surface area contributed by atoms with E-state index in [0.29, 0.717) is 150 Å². The lowest BCUT2D eigenvalue weighted by Crippen LogP contribution is -2.39. The third-order valence-corrected chi connectivity index (χ3v) is 8.44. The zero-order chi connectivity index (χ0) is 52.0. The van der Waals surface area contributed by atoms with E-state index in [0.717, 1.165) is 18.6 Å². The molecule has 0 spiro atoms. The molecule has 0 aliphatic carbocycles. The number of rotatable bonds is 41. The van der Waals surface area contributed by atoms with E-state index in [1.807, 2.05) is 41.5 Å². The van der Waals surface area contributed by atoms with Gasteiger partial charge in [-0.15, -0.1) is 0 Å². The summed E-state index contributed by atoms with van der Waals surface area (Å²) < 4.78 is 68.5. The van der Waals surface area contributed by atoms with Gasteiger partial charge >= 0.3 is 12.1 Å². The first-order valence-electron chi connectivity index (χ1n) is 24.9. The Morgan fingerprint density at radius 2 is 0.721 bits per heavy atom. The van der Waals surface area contributed by atoms with Crippen LogP contribution in [0.2, 0.25) is 0 Å². The zero-order valence-corrected chi connectivity index (χ0v) is 46.0. The summed E-state index contributed by atoms with van der Waals surface area (Å²) >= 11 is 8.45. The van der Waals surface area contributed by atoms with E-state index in [4.69, 9.17) is 61.6 Å². The third kappa shape index (κ3) is 70.9. The Kier molecular flexibility index (Phi) is 77.0. The van der Waals surface area contributed by atoms with E-state index in [9.17, 15) is 19.2 Å². The Morgan fingerprint density at radius 1 is 0.426 bits per heavy atom. The number of thiol groups is 2. The maximum atomic E-state index is 11.8. The van der Waals surface area contributed by atoms with E-state index in [2.05, 4.69) is 39.1 Å². The molecule has 0 atom stereocenters. The van der Waals surface area contributed by atoms with Gasteiger partial charge in [0.15, 0.2) is 5.78 Å². The number of ether oxygens (including phenoxy) is 13. The zero-order valence-electron chi connectivity index (χ0n) is 44.2. The molecule has 18 nitrogen and oxygen atoms in total. The van der Waals surface area contributed by atoms with Crippen LogP contribution in [0.1, 0.15) is 108 Å². The van der Waals surface area contributed by atoms with Crippen LogP contribution in [-0.4, -0.2) is 211 Å². The van der Waals surface area contributed by atoms with Crippen LogP contribution in [0.15, 0.2) is 0 Å². The topological polar surface area (TPSA) is 192 Å². The van der Waals surface area contributed by atoms with Crippen molar-refractivity contribution in [3.05, 3.63) is 0 Å². The van der Waals surface area contributed by atoms with Crippen LogP contribution < -0.4 is 0 Å². The van der Waals surface area contributed by atoms with Gasteiger partial charge in [0.05, 0.1) is 145 Å². The molecule has 20 heteroatoms. The Balaban J connectivity index is -0.000000326. The molecule has 0 saturated carbocycles. The van der Waals surface area contributed by atoms with Gasteiger partial charge in [-0.3, -0.25) is 9.59 Å². The van der Waals surface area contributed by atoms with Gasteiger partial charge in [0.25, 0.3) is 0 Å². The largest absolute Gasteiger partial charge is 0.463 e. The minimum absolute atomic E-state index is 0.00964. The fourth-order valence-electron chi connectivity index (χ4n) is 4.25. The molecule has 410 valence electrons. The number of unbranched alkanes of at least 4 members (excludes halogenated alkanes) is 1. The normalized spacial score (nSPS) is 11.7. The number of Topliss-reactive ketones (excluding diaryl/α,β-unsaturated/α-hetero) is 2. The summed E-state index contributed by atoms with van der Waals surface area (Å²) in [6.07, 6.45) is 4.43. The lowest BCUT2D eigenvalue weighted by atomic mass is 10.1. The molecule has 1 amide bonds. The molecule has 0 aromatic heterocycles. The molecule has 0 radical (unpaired) electrons. The van der Waals surface area contributed by atoms with Crippen LogP contribution in [0.3, 0.4) is 0 Å². The van der Waals surface area contributed by atoms with Gasteiger partial charge in [0.2, 0.25) is 0 Å². The maximum absolute atomic E-state index is 11.8. The first-order chi connectivity index (χ1) is 33.2. The number of carbonyl (C=O) groups is 4. The van der Waals surface area contributed by atoms with Crippen molar-refractivity contribution in [1.29, 1.82) is 0 Å². The highest BCUT2D eigenvalue weighted by Gasteiger charge is 2.21. The number of amides is 1. The molecule has 1 fully saturated rings. The average molecular weight is 1030 g/mol. The molecule has 68 heavy (non-hydrogen) atoms. The number of nitrogens with zero attached hydrogens (tertiary/aromatic N) is 1. The predicted molar refractivity (Wildman–Crippen MR) is 274 cm³/mol. The Bertz CT molecular complexity index is 998. The highest BCUT2D eigenvalue weighted by molar-refractivity contribution is 7.81. The molecule has 1 saturated heterocycles. The Morgan fingerprint density at radius 3 is 1.01 bits per heavy atom. The SMILES string of the molecule is CC.CC.CC.CC(=O)CCC(=O)OCCOCCOCCOCCOC(=O)N1CCC(S)CC1.CC(=O)COCCOCCOCCOCCOCCOCCOCCOCCS.CCCC. The molecule has 1 aliphatic heterocycles. The summed E-state index contributed by atoms with van der Waals surface area (Å²) in [6, 6.07) is 0. The Labute approximate surface area is 423 Å². The molecule has 1 rings (SSSR count). The fourth-order valence-corrected chi connectivity index (χ4v) is 4.61. The van der Waals surface area contributed by atoms with Crippen molar-refractivity contribution in [1.82, 2.24) is 4.90 Å². The number of hydrogen-bond acceptors (Lipinski definition) is 19. The molecule has 1 heterocycles. The number of likely N-dealkylation sites (tertiary alicyclic amines) is 1. The van der Waals surface area contributed by atoms with Crippen molar-refractivity contribution in [2.75, 3.05) is 177 Å². The molecular formula is C48H99NO17S2. The van der Waals surface area contributed by atoms with Crippen molar-refractivity contribution < 1.29 is 80.8 Å². The summed E-state index contributed by atoms with van der Waals surface area (Å²) in [5.41, 5.74) is 0. The minimum Gasteiger partial charge on any atom is -0.463 e. The van der Waals surface area contributed by atoms with Crippen LogP contribution in [0.25, 0.3) is 0 Å². The molecule has 0 unspecified atom stereocenters.